The second kappa shape index (κ2) is 4.83. The van der Waals surface area contributed by atoms with E-state index in [4.69, 9.17) is 0 Å². The zero-order valence-electron chi connectivity index (χ0n) is 7.70. The minimum Gasteiger partial charge on any atom is -0.0861 e. The first kappa shape index (κ1) is 10.0. The number of aryl methyl sites for hydroxylation is 1. The molecule has 0 aromatic heterocycles. The molecule has 0 aliphatic rings. The van der Waals surface area contributed by atoms with E-state index in [2.05, 4.69) is 45.0 Å². The van der Waals surface area contributed by atoms with Gasteiger partial charge in [-0.3, -0.25) is 0 Å². The van der Waals surface area contributed by atoms with Gasteiger partial charge in [-0.25, -0.2) is 0 Å². The zero-order chi connectivity index (χ0) is 8.97. The van der Waals surface area contributed by atoms with Crippen molar-refractivity contribution in [3.05, 3.63) is 29.8 Å². The minimum atomic E-state index is 0.691. The summed E-state index contributed by atoms with van der Waals surface area (Å²) in [5, 5.41) is 0.691. The van der Waals surface area contributed by atoms with Crippen LogP contribution in [0, 0.1) is 6.92 Å². The van der Waals surface area contributed by atoms with Crippen molar-refractivity contribution in [1.29, 1.82) is 0 Å². The molecule has 66 valence electrons. The average molecular weight is 198 g/mol. The van der Waals surface area contributed by atoms with Crippen LogP contribution in [-0.2, 0) is 0 Å². The summed E-state index contributed by atoms with van der Waals surface area (Å²) in [7, 11) is 3.76. The maximum atomic E-state index is 2.21. The lowest BCUT2D eigenvalue weighted by molar-refractivity contribution is 1.12. The Balaban J connectivity index is 2.48. The predicted molar refractivity (Wildman–Crippen MR) is 59.8 cm³/mol. The van der Waals surface area contributed by atoms with E-state index in [0.29, 0.717) is 5.25 Å². The third-order valence-electron chi connectivity index (χ3n) is 1.36. The van der Waals surface area contributed by atoms with Crippen molar-refractivity contribution in [1.82, 2.24) is 0 Å². The van der Waals surface area contributed by atoms with Crippen LogP contribution in [0.4, 0.5) is 0 Å². The first-order valence-electron chi connectivity index (χ1n) is 4.08. The summed E-state index contributed by atoms with van der Waals surface area (Å²) >= 11 is 0. The zero-order valence-corrected chi connectivity index (χ0v) is 9.34. The highest BCUT2D eigenvalue weighted by molar-refractivity contribution is 8.76. The summed E-state index contributed by atoms with van der Waals surface area (Å²) in [6.45, 7) is 6.54. The maximum absolute atomic E-state index is 2.21. The Morgan fingerprint density at radius 2 is 1.67 bits per heavy atom. The van der Waals surface area contributed by atoms with Crippen molar-refractivity contribution in [3.8, 4) is 0 Å². The van der Waals surface area contributed by atoms with Crippen LogP contribution in [-0.4, -0.2) is 5.25 Å². The Kier molecular flexibility index (Phi) is 4.02. The molecule has 12 heavy (non-hydrogen) atoms. The van der Waals surface area contributed by atoms with E-state index >= 15 is 0 Å². The average Bonchev–Trinajstić information content (AvgIpc) is 2.03. The molecule has 0 amide bonds. The van der Waals surface area contributed by atoms with Gasteiger partial charge in [0.2, 0.25) is 0 Å². The fraction of sp³-hybridized carbons (Fsp3) is 0.400. The Hall–Kier alpha value is -0.0800. The van der Waals surface area contributed by atoms with Crippen molar-refractivity contribution < 1.29 is 0 Å². The molecule has 0 N–H and O–H groups in total. The molecular weight excluding hydrogens is 184 g/mol. The quantitative estimate of drug-likeness (QED) is 0.669. The van der Waals surface area contributed by atoms with Crippen molar-refractivity contribution in [2.24, 2.45) is 0 Å². The van der Waals surface area contributed by atoms with Gasteiger partial charge in [0.25, 0.3) is 0 Å². The maximum Gasteiger partial charge on any atom is 0.0183 e. The van der Waals surface area contributed by atoms with Gasteiger partial charge in [0.1, 0.15) is 0 Å². The summed E-state index contributed by atoms with van der Waals surface area (Å²) in [6.07, 6.45) is 0. The SMILES string of the molecule is Cc1ccc(SSC(C)C)cc1. The standard InChI is InChI=1S/C10H14S2/c1-8(2)11-12-10-6-4-9(3)5-7-10/h4-8H,1-3H3. The van der Waals surface area contributed by atoms with E-state index < -0.39 is 0 Å². The first-order chi connectivity index (χ1) is 5.68. The molecule has 0 fully saturated rings. The molecule has 2 heteroatoms. The van der Waals surface area contributed by atoms with Crippen LogP contribution < -0.4 is 0 Å². The third-order valence-corrected chi connectivity index (χ3v) is 4.32. The fourth-order valence-corrected chi connectivity index (χ4v) is 2.54. The molecule has 0 aliphatic carbocycles. The van der Waals surface area contributed by atoms with Gasteiger partial charge in [0, 0.05) is 10.1 Å². The van der Waals surface area contributed by atoms with Gasteiger partial charge in [-0.1, -0.05) is 53.1 Å². The lowest BCUT2D eigenvalue weighted by Crippen LogP contribution is -1.80. The van der Waals surface area contributed by atoms with E-state index in [1.54, 1.807) is 0 Å². The molecule has 1 rings (SSSR count). The summed E-state index contributed by atoms with van der Waals surface area (Å²) in [5.41, 5.74) is 1.33. The molecule has 0 saturated carbocycles. The predicted octanol–water partition coefficient (Wildman–Crippen LogP) is 4.14. The molecule has 1 aromatic carbocycles. The highest BCUT2D eigenvalue weighted by Crippen LogP contribution is 2.33. The highest BCUT2D eigenvalue weighted by Gasteiger charge is 1.96. The summed E-state index contributed by atoms with van der Waals surface area (Å²) in [6, 6.07) is 8.66. The van der Waals surface area contributed by atoms with Crippen LogP contribution in [0.3, 0.4) is 0 Å². The second-order valence-corrected chi connectivity index (χ2v) is 5.89. The molecule has 0 radical (unpaired) electrons. The molecule has 0 heterocycles. The molecule has 0 spiro atoms. The van der Waals surface area contributed by atoms with Crippen molar-refractivity contribution in [3.63, 3.8) is 0 Å². The summed E-state index contributed by atoms with van der Waals surface area (Å²) in [4.78, 5) is 1.35. The molecular formula is C10H14S2. The smallest absolute Gasteiger partial charge is 0.0183 e. The number of hydrogen-bond acceptors (Lipinski definition) is 2. The van der Waals surface area contributed by atoms with Crippen LogP contribution in [0.2, 0.25) is 0 Å². The van der Waals surface area contributed by atoms with Gasteiger partial charge in [-0.15, -0.1) is 0 Å². The molecule has 0 aliphatic heterocycles. The van der Waals surface area contributed by atoms with Crippen LogP contribution in [0.25, 0.3) is 0 Å². The molecule has 0 nitrogen and oxygen atoms in total. The van der Waals surface area contributed by atoms with Gasteiger partial charge in [-0.05, 0) is 19.1 Å². The van der Waals surface area contributed by atoms with E-state index in [1.807, 2.05) is 21.6 Å². The van der Waals surface area contributed by atoms with Gasteiger partial charge in [0.15, 0.2) is 0 Å². The first-order valence-corrected chi connectivity index (χ1v) is 6.30. The molecule has 0 saturated heterocycles. The largest absolute Gasteiger partial charge is 0.0861 e. The monoisotopic (exact) mass is 198 g/mol. The van der Waals surface area contributed by atoms with Gasteiger partial charge < -0.3 is 0 Å². The normalized spacial score (nSPS) is 10.7. The van der Waals surface area contributed by atoms with Crippen molar-refractivity contribution >= 4 is 21.6 Å². The van der Waals surface area contributed by atoms with Crippen molar-refractivity contribution in [2.75, 3.05) is 0 Å². The second-order valence-electron chi connectivity index (χ2n) is 3.04. The number of rotatable bonds is 3. The molecule has 0 atom stereocenters. The van der Waals surface area contributed by atoms with Crippen LogP contribution in [0.1, 0.15) is 19.4 Å². The van der Waals surface area contributed by atoms with Crippen LogP contribution in [0.15, 0.2) is 29.2 Å². The van der Waals surface area contributed by atoms with E-state index in [9.17, 15) is 0 Å². The number of hydrogen-bond donors (Lipinski definition) is 0. The van der Waals surface area contributed by atoms with Gasteiger partial charge >= 0.3 is 0 Å². The lowest BCUT2D eigenvalue weighted by Gasteiger charge is -2.03. The lowest BCUT2D eigenvalue weighted by atomic mass is 10.2. The van der Waals surface area contributed by atoms with Crippen LogP contribution >= 0.6 is 21.6 Å². The Bertz CT molecular complexity index is 226. The minimum absolute atomic E-state index is 0.691. The summed E-state index contributed by atoms with van der Waals surface area (Å²) < 4.78 is 0. The number of benzene rings is 1. The third kappa shape index (κ3) is 3.55. The highest BCUT2D eigenvalue weighted by atomic mass is 33.1. The van der Waals surface area contributed by atoms with E-state index in [1.165, 1.54) is 10.5 Å². The van der Waals surface area contributed by atoms with Gasteiger partial charge in [0.05, 0.1) is 0 Å². The Morgan fingerprint density at radius 3 is 2.17 bits per heavy atom. The topological polar surface area (TPSA) is 0 Å². The van der Waals surface area contributed by atoms with Crippen molar-refractivity contribution in [2.45, 2.75) is 30.9 Å². The molecule has 0 bridgehead atoms. The summed E-state index contributed by atoms with van der Waals surface area (Å²) in [5.74, 6) is 0. The van der Waals surface area contributed by atoms with Crippen LogP contribution in [0.5, 0.6) is 0 Å². The Morgan fingerprint density at radius 1 is 1.08 bits per heavy atom. The molecule has 0 unspecified atom stereocenters. The Labute approximate surface area is 82.5 Å². The fourth-order valence-electron chi connectivity index (χ4n) is 0.746. The van der Waals surface area contributed by atoms with E-state index in [-0.39, 0.29) is 0 Å². The van der Waals surface area contributed by atoms with E-state index in [0.717, 1.165) is 0 Å². The molecule has 1 aromatic rings. The van der Waals surface area contributed by atoms with Gasteiger partial charge in [-0.2, -0.15) is 0 Å².